The standard InChI is InChI=1S/C7H11O5/c1-3-11-6(9)5(8)7(10)12-4-2/h8H,3-4H2,1-2H3. The van der Waals surface area contributed by atoms with E-state index >= 15 is 0 Å². The second-order valence-electron chi connectivity index (χ2n) is 1.79. The van der Waals surface area contributed by atoms with E-state index in [4.69, 9.17) is 5.11 Å². The Kier molecular flexibility index (Phi) is 5.03. The van der Waals surface area contributed by atoms with Gasteiger partial charge in [-0.15, -0.1) is 0 Å². The number of aliphatic hydroxyl groups excluding tert-OH is 1. The maximum Gasteiger partial charge on any atom is 0.354 e. The van der Waals surface area contributed by atoms with E-state index in [1.165, 1.54) is 0 Å². The molecule has 0 aliphatic rings. The van der Waals surface area contributed by atoms with Crippen LogP contribution in [0.4, 0.5) is 0 Å². The Morgan fingerprint density at radius 1 is 1.08 bits per heavy atom. The monoisotopic (exact) mass is 175 g/mol. The fourth-order valence-electron chi connectivity index (χ4n) is 0.482. The Labute approximate surface area is 70.3 Å². The Bertz CT molecular complexity index is 147. The molecule has 0 aliphatic heterocycles. The third kappa shape index (κ3) is 3.34. The third-order valence-corrected chi connectivity index (χ3v) is 0.938. The van der Waals surface area contributed by atoms with E-state index in [-0.39, 0.29) is 13.2 Å². The number of carbonyl (C=O) groups excluding carboxylic acids is 2. The third-order valence-electron chi connectivity index (χ3n) is 0.938. The molecular formula is C7H11O5. The summed E-state index contributed by atoms with van der Waals surface area (Å²) in [6.45, 7) is 3.33. The summed E-state index contributed by atoms with van der Waals surface area (Å²) < 4.78 is 8.69. The maximum atomic E-state index is 10.6. The van der Waals surface area contributed by atoms with E-state index in [0.717, 1.165) is 0 Å². The number of carbonyl (C=O) groups is 2. The second kappa shape index (κ2) is 5.54. The smallest absolute Gasteiger partial charge is 0.354 e. The molecule has 0 unspecified atom stereocenters. The number of esters is 2. The lowest BCUT2D eigenvalue weighted by Gasteiger charge is -2.06. The zero-order valence-corrected chi connectivity index (χ0v) is 6.99. The number of ether oxygens (including phenoxy) is 2. The van der Waals surface area contributed by atoms with Gasteiger partial charge in [0.1, 0.15) is 0 Å². The highest BCUT2D eigenvalue weighted by atomic mass is 16.6. The highest BCUT2D eigenvalue weighted by molar-refractivity contribution is 6.07. The van der Waals surface area contributed by atoms with Crippen molar-refractivity contribution < 1.29 is 24.2 Å². The minimum Gasteiger partial charge on any atom is -0.463 e. The van der Waals surface area contributed by atoms with Crippen LogP contribution in [0.5, 0.6) is 0 Å². The maximum absolute atomic E-state index is 10.6. The Hall–Kier alpha value is -1.10. The molecule has 0 aliphatic carbocycles. The first-order valence-electron chi connectivity index (χ1n) is 3.53. The number of aliphatic hydroxyl groups is 1. The largest absolute Gasteiger partial charge is 0.463 e. The van der Waals surface area contributed by atoms with Crippen LogP contribution >= 0.6 is 0 Å². The molecule has 0 aromatic heterocycles. The fourth-order valence-corrected chi connectivity index (χ4v) is 0.482. The van der Waals surface area contributed by atoms with E-state index in [1.54, 1.807) is 13.8 Å². The van der Waals surface area contributed by atoms with Crippen molar-refractivity contribution in [3.63, 3.8) is 0 Å². The molecule has 0 aromatic carbocycles. The van der Waals surface area contributed by atoms with Crippen molar-refractivity contribution in [2.45, 2.75) is 13.8 Å². The molecule has 1 N–H and O–H groups in total. The van der Waals surface area contributed by atoms with Crippen LogP contribution < -0.4 is 0 Å². The molecule has 12 heavy (non-hydrogen) atoms. The SMILES string of the molecule is CCOC(=O)[C](O)C(=O)OCC. The topological polar surface area (TPSA) is 72.8 Å². The van der Waals surface area contributed by atoms with Crippen LogP contribution in [-0.2, 0) is 19.1 Å². The fraction of sp³-hybridized carbons (Fsp3) is 0.571. The van der Waals surface area contributed by atoms with Gasteiger partial charge in [0, 0.05) is 0 Å². The molecule has 69 valence electrons. The number of hydrogen-bond donors (Lipinski definition) is 1. The molecule has 0 fully saturated rings. The average molecular weight is 175 g/mol. The molecule has 0 heterocycles. The predicted molar refractivity (Wildman–Crippen MR) is 38.4 cm³/mol. The quantitative estimate of drug-likeness (QED) is 0.481. The van der Waals surface area contributed by atoms with Crippen molar-refractivity contribution in [1.82, 2.24) is 0 Å². The Morgan fingerprint density at radius 2 is 1.42 bits per heavy atom. The van der Waals surface area contributed by atoms with E-state index < -0.39 is 18.0 Å². The highest BCUT2D eigenvalue weighted by Gasteiger charge is 2.28. The summed E-state index contributed by atoms with van der Waals surface area (Å²) in [6, 6.07) is 0. The summed E-state index contributed by atoms with van der Waals surface area (Å²) in [5, 5.41) is 8.82. The summed E-state index contributed by atoms with van der Waals surface area (Å²) >= 11 is 0. The minimum absolute atomic E-state index is 0.0995. The van der Waals surface area contributed by atoms with Crippen molar-refractivity contribution in [3.05, 3.63) is 6.10 Å². The molecule has 0 saturated carbocycles. The molecule has 5 heteroatoms. The zero-order chi connectivity index (χ0) is 9.56. The second-order valence-corrected chi connectivity index (χ2v) is 1.79. The van der Waals surface area contributed by atoms with Gasteiger partial charge in [-0.3, -0.25) is 0 Å². The predicted octanol–water partition coefficient (Wildman–Crippen LogP) is 0.0171. The Morgan fingerprint density at radius 3 is 1.67 bits per heavy atom. The van der Waals surface area contributed by atoms with Crippen LogP contribution in [0, 0.1) is 6.10 Å². The lowest BCUT2D eigenvalue weighted by Crippen LogP contribution is -2.25. The molecule has 0 amide bonds. The summed E-state index contributed by atoms with van der Waals surface area (Å²) in [5.74, 6) is -2.12. The first-order valence-corrected chi connectivity index (χ1v) is 3.53. The normalized spacial score (nSPS) is 9.67. The van der Waals surface area contributed by atoms with Crippen LogP contribution in [0.2, 0.25) is 0 Å². The average Bonchev–Trinajstić information content (AvgIpc) is 2.04. The van der Waals surface area contributed by atoms with Crippen molar-refractivity contribution >= 4 is 11.9 Å². The van der Waals surface area contributed by atoms with E-state index in [9.17, 15) is 9.59 Å². The molecule has 0 atom stereocenters. The van der Waals surface area contributed by atoms with Crippen molar-refractivity contribution in [1.29, 1.82) is 0 Å². The lowest BCUT2D eigenvalue weighted by atomic mass is 10.4. The molecule has 0 spiro atoms. The van der Waals surface area contributed by atoms with Gasteiger partial charge in [-0.2, -0.15) is 0 Å². The summed E-state index contributed by atoms with van der Waals surface area (Å²) in [6.07, 6.45) is -1.02. The molecule has 0 saturated heterocycles. The van der Waals surface area contributed by atoms with Crippen molar-refractivity contribution in [2.24, 2.45) is 0 Å². The number of hydrogen-bond acceptors (Lipinski definition) is 5. The molecule has 1 radical (unpaired) electrons. The van der Waals surface area contributed by atoms with Gasteiger partial charge in [0.25, 0.3) is 0 Å². The van der Waals surface area contributed by atoms with Crippen LogP contribution in [0.15, 0.2) is 0 Å². The zero-order valence-electron chi connectivity index (χ0n) is 6.99. The first kappa shape index (κ1) is 10.9. The summed E-state index contributed by atoms with van der Waals surface area (Å²) in [4.78, 5) is 21.3. The lowest BCUT2D eigenvalue weighted by molar-refractivity contribution is -0.157. The summed E-state index contributed by atoms with van der Waals surface area (Å²) in [5.41, 5.74) is 0. The number of rotatable bonds is 4. The van der Waals surface area contributed by atoms with Gasteiger partial charge in [0.15, 0.2) is 0 Å². The Balaban J connectivity index is 3.91. The first-order chi connectivity index (χ1) is 5.63. The van der Waals surface area contributed by atoms with Crippen molar-refractivity contribution in [2.75, 3.05) is 13.2 Å². The molecule has 0 aromatic rings. The molecule has 0 rings (SSSR count). The molecule has 5 nitrogen and oxygen atoms in total. The van der Waals surface area contributed by atoms with Gasteiger partial charge in [-0.25, -0.2) is 9.59 Å². The van der Waals surface area contributed by atoms with E-state index in [2.05, 4.69) is 9.47 Å². The molecule has 0 bridgehead atoms. The van der Waals surface area contributed by atoms with Crippen LogP contribution in [0.3, 0.4) is 0 Å². The van der Waals surface area contributed by atoms with Gasteiger partial charge >= 0.3 is 18.0 Å². The van der Waals surface area contributed by atoms with Gasteiger partial charge in [0.2, 0.25) is 0 Å². The van der Waals surface area contributed by atoms with Gasteiger partial charge in [0.05, 0.1) is 13.2 Å². The van der Waals surface area contributed by atoms with Gasteiger partial charge < -0.3 is 14.6 Å². The summed E-state index contributed by atoms with van der Waals surface area (Å²) in [7, 11) is 0. The van der Waals surface area contributed by atoms with E-state index in [0.29, 0.717) is 0 Å². The highest BCUT2D eigenvalue weighted by Crippen LogP contribution is 2.00. The van der Waals surface area contributed by atoms with Crippen molar-refractivity contribution in [3.8, 4) is 0 Å². The van der Waals surface area contributed by atoms with Gasteiger partial charge in [-0.1, -0.05) is 0 Å². The van der Waals surface area contributed by atoms with E-state index in [1.807, 2.05) is 0 Å². The van der Waals surface area contributed by atoms with Crippen LogP contribution in [0.25, 0.3) is 0 Å². The van der Waals surface area contributed by atoms with Gasteiger partial charge in [-0.05, 0) is 13.8 Å². The minimum atomic E-state index is -1.06. The van der Waals surface area contributed by atoms with Crippen LogP contribution in [-0.4, -0.2) is 30.3 Å². The molecular weight excluding hydrogens is 164 g/mol. The van der Waals surface area contributed by atoms with Crippen LogP contribution in [0.1, 0.15) is 13.8 Å².